The van der Waals surface area contributed by atoms with Gasteiger partial charge in [-0.3, -0.25) is 0 Å². The van der Waals surface area contributed by atoms with Gasteiger partial charge in [-0.25, -0.2) is 0 Å². The predicted molar refractivity (Wildman–Crippen MR) is 131 cm³/mol. The number of β-amino-alcohol motifs (C(OH)–C–C–N with tert-alkyl or cyclic N) is 1. The van der Waals surface area contributed by atoms with Gasteiger partial charge < -0.3 is 15.2 Å². The highest BCUT2D eigenvalue weighted by molar-refractivity contribution is 6.36. The topological polar surface area (TPSA) is 41.5 Å². The number of fused-ring (bicyclic) bond motifs is 1. The molecule has 0 aliphatic heterocycles. The summed E-state index contributed by atoms with van der Waals surface area (Å²) in [5.74, 6) is 0. The first-order valence-electron chi connectivity index (χ1n) is 10.8. The zero-order chi connectivity index (χ0) is 22.4. The monoisotopic (exact) mass is 459 g/mol. The van der Waals surface area contributed by atoms with E-state index < -0.39 is 6.10 Å². The molecule has 0 aromatic heterocycles. The summed E-state index contributed by atoms with van der Waals surface area (Å²) in [6, 6.07) is 20.4. The van der Waals surface area contributed by atoms with Crippen molar-refractivity contribution < 1.29 is 9.84 Å². The summed E-state index contributed by atoms with van der Waals surface area (Å²) >= 11 is 12.6. The molecule has 31 heavy (non-hydrogen) atoms. The average Bonchev–Trinajstić information content (AvgIpc) is 2.74. The zero-order valence-electron chi connectivity index (χ0n) is 18.4. The third-order valence-corrected chi connectivity index (χ3v) is 6.12. The van der Waals surface area contributed by atoms with E-state index >= 15 is 0 Å². The van der Waals surface area contributed by atoms with E-state index in [0.717, 1.165) is 18.4 Å². The molecule has 5 heteroatoms. The first-order valence-corrected chi connectivity index (χ1v) is 11.5. The van der Waals surface area contributed by atoms with E-state index in [-0.39, 0.29) is 18.2 Å². The highest BCUT2D eigenvalue weighted by atomic mass is 35.5. The molecule has 0 radical (unpaired) electrons. The first kappa shape index (κ1) is 24.0. The molecule has 0 saturated heterocycles. The van der Waals surface area contributed by atoms with Crippen LogP contribution in [0.2, 0.25) is 10.0 Å². The van der Waals surface area contributed by atoms with E-state index in [0.29, 0.717) is 16.6 Å². The fraction of sp³-hybridized carbons (Fsp3) is 0.385. The van der Waals surface area contributed by atoms with E-state index in [9.17, 15) is 5.11 Å². The fourth-order valence-electron chi connectivity index (χ4n) is 3.83. The van der Waals surface area contributed by atoms with Crippen molar-refractivity contribution in [1.29, 1.82) is 0 Å². The summed E-state index contributed by atoms with van der Waals surface area (Å²) in [4.78, 5) is 0. The molecule has 166 valence electrons. The Kier molecular flexibility index (Phi) is 8.37. The number of ether oxygens (including phenoxy) is 1. The molecule has 0 saturated carbocycles. The lowest BCUT2D eigenvalue weighted by atomic mass is 9.93. The Balaban J connectivity index is 1.53. The van der Waals surface area contributed by atoms with Gasteiger partial charge in [-0.15, -0.1) is 0 Å². The summed E-state index contributed by atoms with van der Waals surface area (Å²) in [6.07, 6.45) is 0.697. The van der Waals surface area contributed by atoms with Crippen LogP contribution in [-0.2, 0) is 11.2 Å². The Morgan fingerprint density at radius 3 is 2.32 bits per heavy atom. The molecule has 0 aliphatic carbocycles. The SMILES string of the molecule is CCC(OC[C@H](O)CNC(C)(C)Cc1ccc2ccccc2c1)c1c(Cl)cccc1Cl. The molecular weight excluding hydrogens is 429 g/mol. The van der Waals surface area contributed by atoms with Crippen LogP contribution in [0.5, 0.6) is 0 Å². The van der Waals surface area contributed by atoms with Gasteiger partial charge in [-0.1, -0.05) is 78.7 Å². The molecular formula is C26H31Cl2NO2. The van der Waals surface area contributed by atoms with Gasteiger partial charge in [0.05, 0.1) is 18.8 Å². The number of aliphatic hydroxyl groups excluding tert-OH is 1. The minimum Gasteiger partial charge on any atom is -0.389 e. The standard InChI is InChI=1S/C26H31Cl2NO2/c1-4-24(25-22(27)10-7-11-23(25)28)31-17-21(30)16-29-26(2,3)15-18-12-13-19-8-5-6-9-20(19)14-18/h5-14,21,24,29-30H,4,15-17H2,1-3H3/t21-,24?/m1/s1. The smallest absolute Gasteiger partial charge is 0.0898 e. The molecule has 0 bridgehead atoms. The molecule has 3 rings (SSSR count). The maximum atomic E-state index is 10.5. The van der Waals surface area contributed by atoms with Gasteiger partial charge in [-0.05, 0) is 55.2 Å². The number of hydrogen-bond donors (Lipinski definition) is 2. The maximum absolute atomic E-state index is 10.5. The van der Waals surface area contributed by atoms with E-state index in [2.05, 4.69) is 61.6 Å². The Morgan fingerprint density at radius 2 is 1.65 bits per heavy atom. The fourth-order valence-corrected chi connectivity index (χ4v) is 4.47. The largest absolute Gasteiger partial charge is 0.389 e. The lowest BCUT2D eigenvalue weighted by molar-refractivity contribution is -0.0132. The van der Waals surface area contributed by atoms with E-state index in [4.69, 9.17) is 27.9 Å². The van der Waals surface area contributed by atoms with Gasteiger partial charge >= 0.3 is 0 Å². The third kappa shape index (κ3) is 6.68. The molecule has 2 N–H and O–H groups in total. The Labute approximate surface area is 195 Å². The van der Waals surface area contributed by atoms with Crippen molar-refractivity contribution in [2.45, 2.75) is 51.4 Å². The maximum Gasteiger partial charge on any atom is 0.0898 e. The summed E-state index contributed by atoms with van der Waals surface area (Å²) in [5, 5.41) is 17.6. The Bertz CT molecular complexity index is 985. The second-order valence-corrected chi connectivity index (χ2v) is 9.46. The summed E-state index contributed by atoms with van der Waals surface area (Å²) < 4.78 is 5.97. The van der Waals surface area contributed by atoms with Gasteiger partial charge in [0.25, 0.3) is 0 Å². The molecule has 0 amide bonds. The van der Waals surface area contributed by atoms with Crippen LogP contribution < -0.4 is 5.32 Å². The van der Waals surface area contributed by atoms with Crippen LogP contribution in [0.3, 0.4) is 0 Å². The number of nitrogens with one attached hydrogen (secondary N) is 1. The summed E-state index contributed by atoms with van der Waals surface area (Å²) in [7, 11) is 0. The predicted octanol–water partition coefficient (Wildman–Crippen LogP) is 6.59. The van der Waals surface area contributed by atoms with Crippen LogP contribution in [0.15, 0.2) is 60.7 Å². The third-order valence-electron chi connectivity index (χ3n) is 5.46. The summed E-state index contributed by atoms with van der Waals surface area (Å²) in [5.41, 5.74) is 1.88. The highest BCUT2D eigenvalue weighted by Crippen LogP contribution is 2.34. The van der Waals surface area contributed by atoms with Crippen molar-refractivity contribution >= 4 is 34.0 Å². The van der Waals surface area contributed by atoms with Crippen LogP contribution in [-0.4, -0.2) is 29.9 Å². The lowest BCUT2D eigenvalue weighted by Gasteiger charge is -2.29. The van der Waals surface area contributed by atoms with Gasteiger partial charge in [0.2, 0.25) is 0 Å². The first-order chi connectivity index (χ1) is 14.8. The minimum atomic E-state index is -0.633. The van der Waals surface area contributed by atoms with Gasteiger partial charge in [-0.2, -0.15) is 0 Å². The number of benzene rings is 3. The van der Waals surface area contributed by atoms with E-state index in [1.165, 1.54) is 16.3 Å². The molecule has 0 aliphatic rings. The molecule has 2 atom stereocenters. The lowest BCUT2D eigenvalue weighted by Crippen LogP contribution is -2.46. The van der Waals surface area contributed by atoms with Crippen molar-refractivity contribution in [3.05, 3.63) is 81.8 Å². The van der Waals surface area contributed by atoms with Gasteiger partial charge in [0.1, 0.15) is 0 Å². The van der Waals surface area contributed by atoms with Crippen molar-refractivity contribution in [3.63, 3.8) is 0 Å². The summed E-state index contributed by atoms with van der Waals surface area (Å²) in [6.45, 7) is 6.95. The average molecular weight is 460 g/mol. The Hall–Kier alpha value is -1.62. The van der Waals surface area contributed by atoms with E-state index in [1.54, 1.807) is 0 Å². The molecule has 3 aromatic carbocycles. The van der Waals surface area contributed by atoms with Gasteiger partial charge in [0.15, 0.2) is 0 Å². The molecule has 0 spiro atoms. The normalized spacial score (nSPS) is 14.0. The van der Waals surface area contributed by atoms with Crippen molar-refractivity contribution in [2.75, 3.05) is 13.2 Å². The minimum absolute atomic E-state index is 0.167. The van der Waals surface area contributed by atoms with Crippen LogP contribution in [0.4, 0.5) is 0 Å². The Morgan fingerprint density at radius 1 is 0.968 bits per heavy atom. The van der Waals surface area contributed by atoms with Crippen LogP contribution in [0, 0.1) is 0 Å². The highest BCUT2D eigenvalue weighted by Gasteiger charge is 2.22. The molecule has 0 heterocycles. The second-order valence-electron chi connectivity index (χ2n) is 8.64. The van der Waals surface area contributed by atoms with E-state index in [1.807, 2.05) is 25.1 Å². The number of halogens is 2. The van der Waals surface area contributed by atoms with Gasteiger partial charge in [0, 0.05) is 27.7 Å². The molecule has 1 unspecified atom stereocenters. The molecule has 3 nitrogen and oxygen atoms in total. The van der Waals surface area contributed by atoms with Crippen molar-refractivity contribution in [3.8, 4) is 0 Å². The zero-order valence-corrected chi connectivity index (χ0v) is 19.9. The molecule has 0 fully saturated rings. The quantitative estimate of drug-likeness (QED) is 0.359. The number of rotatable bonds is 10. The molecule has 3 aromatic rings. The van der Waals surface area contributed by atoms with Crippen LogP contribution in [0.25, 0.3) is 10.8 Å². The number of hydrogen-bond acceptors (Lipinski definition) is 3. The number of aliphatic hydroxyl groups is 1. The van der Waals surface area contributed by atoms with Crippen molar-refractivity contribution in [1.82, 2.24) is 5.32 Å². The second kappa shape index (κ2) is 10.8. The van der Waals surface area contributed by atoms with Crippen LogP contribution in [0.1, 0.15) is 44.4 Å². The van der Waals surface area contributed by atoms with Crippen LogP contribution >= 0.6 is 23.2 Å². The van der Waals surface area contributed by atoms with Crippen molar-refractivity contribution in [2.24, 2.45) is 0 Å².